The van der Waals surface area contributed by atoms with Crippen LogP contribution in [0.15, 0.2) is 0 Å². The first-order valence-electron chi connectivity index (χ1n) is 6.12. The molecule has 16 heavy (non-hydrogen) atoms. The highest BCUT2D eigenvalue weighted by Crippen LogP contribution is 2.43. The fourth-order valence-corrected chi connectivity index (χ4v) is 3.05. The van der Waals surface area contributed by atoms with Gasteiger partial charge in [-0.25, -0.2) is 4.79 Å². The number of carbonyl (C=O) groups excluding carboxylic acids is 1. The van der Waals surface area contributed by atoms with E-state index in [1.54, 1.807) is 0 Å². The number of nitrogens with two attached hydrogens (primary N) is 1. The summed E-state index contributed by atoms with van der Waals surface area (Å²) in [6, 6.07) is 0.503. The lowest BCUT2D eigenvalue weighted by molar-refractivity contribution is 0.0490. The van der Waals surface area contributed by atoms with Crippen molar-refractivity contribution in [3.8, 4) is 0 Å². The van der Waals surface area contributed by atoms with Crippen LogP contribution in [0.2, 0.25) is 0 Å². The minimum absolute atomic E-state index is 0.241. The standard InChI is InChI=1S/C12H22N2O2/c1-12(2,3)16-11(15)14-10-7-4-5-8(10)9(13)6-7/h7-10H,4-6,13H2,1-3H3,(H,14,15)/t7-,8-,9+,10-/m0/s1. The average molecular weight is 226 g/mol. The molecule has 4 heteroatoms. The molecule has 2 saturated carbocycles. The highest BCUT2D eigenvalue weighted by atomic mass is 16.6. The SMILES string of the molecule is CC(C)(C)OC(=O)N[C@H]1[C@H]2CC[C@H]1[C@H](N)C2. The van der Waals surface area contributed by atoms with Gasteiger partial charge in [0.2, 0.25) is 0 Å². The molecule has 4 nitrogen and oxygen atoms in total. The van der Waals surface area contributed by atoms with Gasteiger partial charge in [0.1, 0.15) is 5.60 Å². The zero-order chi connectivity index (χ0) is 11.9. The summed E-state index contributed by atoms with van der Waals surface area (Å²) >= 11 is 0. The Labute approximate surface area is 96.9 Å². The number of carbonyl (C=O) groups is 1. The van der Waals surface area contributed by atoms with Gasteiger partial charge in [-0.1, -0.05) is 0 Å². The molecule has 0 aromatic carbocycles. The van der Waals surface area contributed by atoms with E-state index in [9.17, 15) is 4.79 Å². The van der Waals surface area contributed by atoms with Gasteiger partial charge < -0.3 is 15.8 Å². The summed E-state index contributed by atoms with van der Waals surface area (Å²) in [5.74, 6) is 1.02. The highest BCUT2D eigenvalue weighted by Gasteiger charge is 2.47. The van der Waals surface area contributed by atoms with Gasteiger partial charge >= 0.3 is 6.09 Å². The molecule has 2 aliphatic carbocycles. The van der Waals surface area contributed by atoms with Crippen LogP contribution in [-0.4, -0.2) is 23.8 Å². The van der Waals surface area contributed by atoms with Crippen LogP contribution in [0.5, 0.6) is 0 Å². The second-order valence-corrected chi connectivity index (χ2v) is 6.07. The van der Waals surface area contributed by atoms with Crippen molar-refractivity contribution in [2.24, 2.45) is 17.6 Å². The van der Waals surface area contributed by atoms with E-state index in [0.717, 1.165) is 12.8 Å². The third-order valence-corrected chi connectivity index (χ3v) is 3.65. The molecule has 4 atom stereocenters. The van der Waals surface area contributed by atoms with E-state index in [1.165, 1.54) is 6.42 Å². The molecule has 2 fully saturated rings. The fourth-order valence-electron chi connectivity index (χ4n) is 3.05. The topological polar surface area (TPSA) is 64.3 Å². The Morgan fingerprint density at radius 2 is 2.06 bits per heavy atom. The maximum atomic E-state index is 11.7. The molecule has 2 bridgehead atoms. The second kappa shape index (κ2) is 3.91. The summed E-state index contributed by atoms with van der Waals surface area (Å²) in [6.45, 7) is 5.63. The smallest absolute Gasteiger partial charge is 0.407 e. The van der Waals surface area contributed by atoms with E-state index >= 15 is 0 Å². The Kier molecular flexibility index (Phi) is 2.86. The number of hydrogen-bond donors (Lipinski definition) is 2. The van der Waals surface area contributed by atoms with Crippen LogP contribution in [0.4, 0.5) is 4.79 Å². The Morgan fingerprint density at radius 1 is 1.38 bits per heavy atom. The molecule has 0 radical (unpaired) electrons. The van der Waals surface area contributed by atoms with E-state index in [-0.39, 0.29) is 18.2 Å². The quantitative estimate of drug-likeness (QED) is 0.714. The van der Waals surface area contributed by atoms with Crippen molar-refractivity contribution < 1.29 is 9.53 Å². The zero-order valence-corrected chi connectivity index (χ0v) is 10.3. The number of amides is 1. The highest BCUT2D eigenvalue weighted by molar-refractivity contribution is 5.68. The Bertz CT molecular complexity index is 285. The third-order valence-electron chi connectivity index (χ3n) is 3.65. The lowest BCUT2D eigenvalue weighted by Crippen LogP contribution is -2.43. The van der Waals surface area contributed by atoms with Crippen LogP contribution in [0, 0.1) is 11.8 Å². The van der Waals surface area contributed by atoms with Gasteiger partial charge in [-0.05, 0) is 51.9 Å². The minimum Gasteiger partial charge on any atom is -0.444 e. The van der Waals surface area contributed by atoms with Crippen LogP contribution < -0.4 is 11.1 Å². The summed E-state index contributed by atoms with van der Waals surface area (Å²) in [5, 5.41) is 2.99. The summed E-state index contributed by atoms with van der Waals surface area (Å²) in [7, 11) is 0. The van der Waals surface area contributed by atoms with Gasteiger partial charge in [-0.3, -0.25) is 0 Å². The van der Waals surface area contributed by atoms with Gasteiger partial charge in [0.25, 0.3) is 0 Å². The minimum atomic E-state index is -0.427. The Morgan fingerprint density at radius 3 is 2.50 bits per heavy atom. The van der Waals surface area contributed by atoms with Gasteiger partial charge in [0.15, 0.2) is 0 Å². The summed E-state index contributed by atoms with van der Waals surface area (Å²) in [5.41, 5.74) is 5.59. The number of fused-ring (bicyclic) bond motifs is 2. The summed E-state index contributed by atoms with van der Waals surface area (Å²) in [6.07, 6.45) is 3.08. The van der Waals surface area contributed by atoms with Crippen LogP contribution in [0.3, 0.4) is 0 Å². The molecule has 0 aromatic rings. The third kappa shape index (κ3) is 2.32. The van der Waals surface area contributed by atoms with Crippen molar-refractivity contribution >= 4 is 6.09 Å². The van der Waals surface area contributed by atoms with Gasteiger partial charge in [0.05, 0.1) is 0 Å². The van der Waals surface area contributed by atoms with E-state index < -0.39 is 5.60 Å². The monoisotopic (exact) mass is 226 g/mol. The van der Waals surface area contributed by atoms with Crippen LogP contribution >= 0.6 is 0 Å². The largest absolute Gasteiger partial charge is 0.444 e. The number of ether oxygens (including phenoxy) is 1. The predicted molar refractivity (Wildman–Crippen MR) is 62.0 cm³/mol. The Balaban J connectivity index is 1.89. The summed E-state index contributed by atoms with van der Waals surface area (Å²) in [4.78, 5) is 11.7. The van der Waals surface area contributed by atoms with E-state index in [0.29, 0.717) is 11.8 Å². The molecule has 2 aliphatic rings. The van der Waals surface area contributed by atoms with Crippen LogP contribution in [-0.2, 0) is 4.74 Å². The zero-order valence-electron chi connectivity index (χ0n) is 10.3. The molecule has 0 saturated heterocycles. The van der Waals surface area contributed by atoms with Crippen molar-refractivity contribution in [2.75, 3.05) is 0 Å². The van der Waals surface area contributed by atoms with Gasteiger partial charge in [-0.15, -0.1) is 0 Å². The van der Waals surface area contributed by atoms with Crippen molar-refractivity contribution in [3.05, 3.63) is 0 Å². The Hall–Kier alpha value is -0.770. The number of rotatable bonds is 1. The molecule has 1 amide bonds. The molecule has 0 unspecified atom stereocenters. The molecule has 0 aliphatic heterocycles. The van der Waals surface area contributed by atoms with Crippen molar-refractivity contribution in [2.45, 2.75) is 57.7 Å². The molecular weight excluding hydrogens is 204 g/mol. The van der Waals surface area contributed by atoms with E-state index in [4.69, 9.17) is 10.5 Å². The number of hydrogen-bond acceptors (Lipinski definition) is 3. The maximum Gasteiger partial charge on any atom is 0.407 e. The molecule has 0 spiro atoms. The number of nitrogens with one attached hydrogen (secondary N) is 1. The van der Waals surface area contributed by atoms with Gasteiger partial charge in [0, 0.05) is 12.1 Å². The first kappa shape index (κ1) is 11.7. The van der Waals surface area contributed by atoms with Gasteiger partial charge in [-0.2, -0.15) is 0 Å². The molecule has 0 heterocycles. The molecule has 3 N–H and O–H groups in total. The van der Waals surface area contributed by atoms with E-state index in [1.807, 2.05) is 20.8 Å². The van der Waals surface area contributed by atoms with Crippen molar-refractivity contribution in [3.63, 3.8) is 0 Å². The van der Waals surface area contributed by atoms with Crippen LogP contribution in [0.25, 0.3) is 0 Å². The summed E-state index contributed by atoms with van der Waals surface area (Å²) < 4.78 is 5.27. The maximum absolute atomic E-state index is 11.7. The van der Waals surface area contributed by atoms with Crippen molar-refractivity contribution in [1.82, 2.24) is 5.32 Å². The molecule has 0 aromatic heterocycles. The normalized spacial score (nSPS) is 37.5. The lowest BCUT2D eigenvalue weighted by atomic mass is 9.96. The predicted octanol–water partition coefficient (Wildman–Crippen LogP) is 1.64. The fraction of sp³-hybridized carbons (Fsp3) is 0.917. The first-order chi connectivity index (χ1) is 7.37. The second-order valence-electron chi connectivity index (χ2n) is 6.07. The van der Waals surface area contributed by atoms with E-state index in [2.05, 4.69) is 5.32 Å². The molecular formula is C12H22N2O2. The average Bonchev–Trinajstić information content (AvgIpc) is 2.57. The lowest BCUT2D eigenvalue weighted by Gasteiger charge is -2.23. The molecule has 2 rings (SSSR count). The van der Waals surface area contributed by atoms with Crippen LogP contribution in [0.1, 0.15) is 40.0 Å². The van der Waals surface area contributed by atoms with Crippen molar-refractivity contribution in [1.29, 1.82) is 0 Å². The number of alkyl carbamates (subject to hydrolysis) is 1. The molecule has 92 valence electrons. The first-order valence-corrected chi connectivity index (χ1v) is 6.12.